The lowest BCUT2D eigenvalue weighted by Gasteiger charge is -2.17. The maximum Gasteiger partial charge on any atom is 0.417 e. The van der Waals surface area contributed by atoms with E-state index in [0.29, 0.717) is 0 Å². The number of primary amides is 2. The Morgan fingerprint density at radius 3 is 2.12 bits per heavy atom. The minimum Gasteiger partial charge on any atom is -0.368 e. The van der Waals surface area contributed by atoms with Crippen molar-refractivity contribution in [2.75, 3.05) is 13.1 Å². The summed E-state index contributed by atoms with van der Waals surface area (Å²) >= 11 is 5.49. The third kappa shape index (κ3) is 5.92. The predicted molar refractivity (Wildman–Crippen MR) is 80.5 cm³/mol. The van der Waals surface area contributed by atoms with Crippen molar-refractivity contribution < 1.29 is 27.6 Å². The van der Waals surface area contributed by atoms with E-state index in [9.17, 15) is 27.6 Å². The van der Waals surface area contributed by atoms with Crippen molar-refractivity contribution in [2.24, 2.45) is 11.5 Å². The van der Waals surface area contributed by atoms with Gasteiger partial charge in [0.25, 0.3) is 0 Å². The van der Waals surface area contributed by atoms with Crippen LogP contribution in [0, 0.1) is 0 Å². The van der Waals surface area contributed by atoms with Crippen LogP contribution in [0.5, 0.6) is 0 Å². The summed E-state index contributed by atoms with van der Waals surface area (Å²) in [5, 5.41) is -0.477. The van der Waals surface area contributed by atoms with Gasteiger partial charge in [0.1, 0.15) is 13.1 Å². The first-order valence-electron chi connectivity index (χ1n) is 6.41. The molecule has 0 aliphatic carbocycles. The molecule has 4 N–H and O–H groups in total. The number of rotatable bonds is 6. The molecule has 3 amide bonds. The van der Waals surface area contributed by atoms with E-state index in [1.807, 2.05) is 0 Å². The van der Waals surface area contributed by atoms with Gasteiger partial charge < -0.3 is 16.4 Å². The molecule has 0 aromatic heterocycles. The summed E-state index contributed by atoms with van der Waals surface area (Å²) < 4.78 is 38.3. The van der Waals surface area contributed by atoms with Crippen molar-refractivity contribution in [1.29, 1.82) is 0 Å². The van der Waals surface area contributed by atoms with Crippen LogP contribution in [-0.2, 0) is 20.6 Å². The fourth-order valence-corrected chi connectivity index (χ4v) is 1.95. The largest absolute Gasteiger partial charge is 0.417 e. The lowest BCUT2D eigenvalue weighted by Crippen LogP contribution is -2.42. The Bertz CT molecular complexity index is 674. The van der Waals surface area contributed by atoms with E-state index in [0.717, 1.165) is 29.2 Å². The molecule has 0 fully saturated rings. The second-order valence-electron chi connectivity index (χ2n) is 4.70. The van der Waals surface area contributed by atoms with Crippen LogP contribution >= 0.6 is 11.6 Å². The van der Waals surface area contributed by atoms with Gasteiger partial charge >= 0.3 is 6.18 Å². The van der Waals surface area contributed by atoms with E-state index in [1.165, 1.54) is 6.07 Å². The van der Waals surface area contributed by atoms with E-state index in [2.05, 4.69) is 0 Å². The highest BCUT2D eigenvalue weighted by molar-refractivity contribution is 6.31. The van der Waals surface area contributed by atoms with E-state index < -0.39 is 47.6 Å². The molecule has 0 aliphatic heterocycles. The van der Waals surface area contributed by atoms with Crippen molar-refractivity contribution in [3.05, 3.63) is 40.4 Å². The van der Waals surface area contributed by atoms with Crippen LogP contribution in [0.3, 0.4) is 0 Å². The van der Waals surface area contributed by atoms with Crippen LogP contribution in [0.2, 0.25) is 5.02 Å². The minimum absolute atomic E-state index is 0.0539. The van der Waals surface area contributed by atoms with E-state index >= 15 is 0 Å². The molecule has 24 heavy (non-hydrogen) atoms. The molecule has 0 spiro atoms. The number of nitrogens with two attached hydrogens (primary N) is 2. The van der Waals surface area contributed by atoms with Gasteiger partial charge in [-0.05, 0) is 23.8 Å². The highest BCUT2D eigenvalue weighted by atomic mass is 35.5. The lowest BCUT2D eigenvalue weighted by atomic mass is 10.1. The first-order chi connectivity index (χ1) is 11.0. The normalized spacial score (nSPS) is 11.5. The summed E-state index contributed by atoms with van der Waals surface area (Å²) in [5.41, 5.74) is 8.90. The first kappa shape index (κ1) is 19.5. The lowest BCUT2D eigenvalue weighted by molar-refractivity contribution is -0.137. The van der Waals surface area contributed by atoms with Crippen molar-refractivity contribution in [2.45, 2.75) is 6.18 Å². The summed E-state index contributed by atoms with van der Waals surface area (Å²) in [6.07, 6.45) is -2.66. The second-order valence-corrected chi connectivity index (χ2v) is 5.10. The monoisotopic (exact) mass is 363 g/mol. The average Bonchev–Trinajstić information content (AvgIpc) is 2.43. The standard InChI is InChI=1S/C14H13ClF3N3O3/c15-10-3-1-8(5-9(10)14(16,17)18)2-4-13(24)21(6-11(19)22)7-12(20)23/h1-5H,6-7H2,(H2,19,22)(H2,20,23). The molecule has 6 nitrogen and oxygen atoms in total. The maximum atomic E-state index is 12.8. The van der Waals surface area contributed by atoms with Crippen LogP contribution in [0.4, 0.5) is 13.2 Å². The van der Waals surface area contributed by atoms with Gasteiger partial charge in [0.15, 0.2) is 0 Å². The molecule has 0 saturated heterocycles. The molecule has 130 valence electrons. The van der Waals surface area contributed by atoms with Crippen molar-refractivity contribution in [3.8, 4) is 0 Å². The smallest absolute Gasteiger partial charge is 0.368 e. The van der Waals surface area contributed by atoms with Gasteiger partial charge in [-0.2, -0.15) is 13.2 Å². The van der Waals surface area contributed by atoms with Gasteiger partial charge in [0, 0.05) is 6.08 Å². The summed E-state index contributed by atoms with van der Waals surface area (Å²) in [4.78, 5) is 34.4. The van der Waals surface area contributed by atoms with Crippen LogP contribution in [0.25, 0.3) is 6.08 Å². The average molecular weight is 364 g/mol. The number of alkyl halides is 3. The Labute approximate surface area is 139 Å². The first-order valence-corrected chi connectivity index (χ1v) is 6.79. The number of hydrogen-bond donors (Lipinski definition) is 2. The number of halogens is 4. The Morgan fingerprint density at radius 1 is 1.12 bits per heavy atom. The topological polar surface area (TPSA) is 106 Å². The maximum absolute atomic E-state index is 12.8. The quantitative estimate of drug-likeness (QED) is 0.741. The number of hydrogen-bond acceptors (Lipinski definition) is 3. The number of nitrogens with zero attached hydrogens (tertiary/aromatic N) is 1. The molecule has 0 aliphatic rings. The summed E-state index contributed by atoms with van der Waals surface area (Å²) in [5.74, 6) is -2.55. The van der Waals surface area contributed by atoms with Crippen molar-refractivity contribution in [1.82, 2.24) is 4.90 Å². The van der Waals surface area contributed by atoms with Gasteiger partial charge in [-0.25, -0.2) is 0 Å². The van der Waals surface area contributed by atoms with E-state index in [4.69, 9.17) is 23.1 Å². The zero-order valence-electron chi connectivity index (χ0n) is 12.1. The van der Waals surface area contributed by atoms with Gasteiger partial charge in [0.2, 0.25) is 17.7 Å². The molecule has 10 heteroatoms. The van der Waals surface area contributed by atoms with Gasteiger partial charge in [-0.1, -0.05) is 17.7 Å². The van der Waals surface area contributed by atoms with Gasteiger partial charge in [-0.3, -0.25) is 14.4 Å². The second kappa shape index (κ2) is 7.82. The van der Waals surface area contributed by atoms with Crippen LogP contribution in [0.1, 0.15) is 11.1 Å². The Morgan fingerprint density at radius 2 is 1.67 bits per heavy atom. The molecule has 1 aromatic rings. The SMILES string of the molecule is NC(=O)CN(CC(N)=O)C(=O)C=Cc1ccc(Cl)c(C(F)(F)F)c1. The van der Waals surface area contributed by atoms with Crippen molar-refractivity contribution in [3.63, 3.8) is 0 Å². The third-order valence-corrected chi connectivity index (χ3v) is 3.05. The molecular weight excluding hydrogens is 351 g/mol. The van der Waals surface area contributed by atoms with Crippen LogP contribution in [-0.4, -0.2) is 35.7 Å². The molecule has 0 heterocycles. The number of carbonyl (C=O) groups excluding carboxylic acids is 3. The third-order valence-electron chi connectivity index (χ3n) is 2.72. The number of benzene rings is 1. The highest BCUT2D eigenvalue weighted by Crippen LogP contribution is 2.35. The zero-order chi connectivity index (χ0) is 18.5. The fraction of sp³-hybridized carbons (Fsp3) is 0.214. The number of amides is 3. The summed E-state index contributed by atoms with van der Waals surface area (Å²) in [6, 6.07) is 3.07. The fourth-order valence-electron chi connectivity index (χ4n) is 1.72. The van der Waals surface area contributed by atoms with Crippen LogP contribution in [0.15, 0.2) is 24.3 Å². The van der Waals surface area contributed by atoms with Gasteiger partial charge in [0.05, 0.1) is 10.6 Å². The molecule has 1 aromatic carbocycles. The van der Waals surface area contributed by atoms with Crippen LogP contribution < -0.4 is 11.5 Å². The van der Waals surface area contributed by atoms with E-state index in [-0.39, 0.29) is 5.56 Å². The summed E-state index contributed by atoms with van der Waals surface area (Å²) in [7, 11) is 0. The Balaban J connectivity index is 2.99. The zero-order valence-corrected chi connectivity index (χ0v) is 12.9. The van der Waals surface area contributed by atoms with Gasteiger partial charge in [-0.15, -0.1) is 0 Å². The Kier molecular flexibility index (Phi) is 6.35. The molecular formula is C14H13ClF3N3O3. The highest BCUT2D eigenvalue weighted by Gasteiger charge is 2.33. The summed E-state index contributed by atoms with van der Waals surface area (Å²) in [6.45, 7) is -1.11. The minimum atomic E-state index is -4.64. The molecule has 0 unspecified atom stereocenters. The van der Waals surface area contributed by atoms with Crippen molar-refractivity contribution >= 4 is 35.4 Å². The molecule has 0 saturated carbocycles. The van der Waals surface area contributed by atoms with E-state index in [1.54, 1.807) is 0 Å². The number of carbonyl (C=O) groups is 3. The Hall–Kier alpha value is -2.55. The molecule has 0 bridgehead atoms. The molecule has 0 atom stereocenters. The molecule has 1 rings (SSSR count). The molecule has 0 radical (unpaired) electrons. The predicted octanol–water partition coefficient (Wildman–Crippen LogP) is 1.17.